The average Bonchev–Trinajstić information content (AvgIpc) is 2.95. The number of fused-ring (bicyclic) bond motifs is 1. The van der Waals surface area contributed by atoms with Gasteiger partial charge in [0.25, 0.3) is 5.91 Å². The molecule has 21 heavy (non-hydrogen) atoms. The first-order valence-corrected chi connectivity index (χ1v) is 7.17. The number of anilines is 2. The number of carbonyl (C=O) groups is 1. The Morgan fingerprint density at radius 3 is 3.00 bits per heavy atom. The Morgan fingerprint density at radius 2 is 2.24 bits per heavy atom. The highest BCUT2D eigenvalue weighted by Crippen LogP contribution is 2.33. The molecule has 3 rings (SSSR count). The van der Waals surface area contributed by atoms with Gasteiger partial charge in [0.1, 0.15) is 4.88 Å². The second-order valence-electron chi connectivity index (χ2n) is 4.50. The molecule has 7 heteroatoms. The molecule has 2 heterocycles. The van der Waals surface area contributed by atoms with Crippen LogP contribution in [0.15, 0.2) is 30.3 Å². The van der Waals surface area contributed by atoms with E-state index in [1.807, 2.05) is 31.3 Å². The van der Waals surface area contributed by atoms with Gasteiger partial charge < -0.3 is 10.7 Å². The number of nitrogens with zero attached hydrogens (tertiary/aromatic N) is 2. The molecular weight excluding hydrogens is 286 g/mol. The van der Waals surface area contributed by atoms with Crippen molar-refractivity contribution in [3.8, 4) is 6.07 Å². The van der Waals surface area contributed by atoms with Gasteiger partial charge in [-0.05, 0) is 17.7 Å². The van der Waals surface area contributed by atoms with Crippen molar-refractivity contribution in [2.45, 2.75) is 6.54 Å². The van der Waals surface area contributed by atoms with Crippen molar-refractivity contribution in [1.82, 2.24) is 10.5 Å². The van der Waals surface area contributed by atoms with Crippen LogP contribution in [0.1, 0.15) is 20.8 Å². The maximum atomic E-state index is 12.5. The molecule has 0 bridgehead atoms. The standard InChI is InChI=1S/C14H13N5OS/c1-16-12-6-11-13(21-12)14(20)19(18-17-11)8-10-5-3-2-4-9(10)7-15/h2-6,16-18H,8H2,1H3. The fraction of sp³-hybridized carbons (Fsp3) is 0.143. The summed E-state index contributed by atoms with van der Waals surface area (Å²) >= 11 is 1.40. The molecule has 3 N–H and O–H groups in total. The summed E-state index contributed by atoms with van der Waals surface area (Å²) in [5, 5.41) is 14.5. The molecule has 1 aromatic carbocycles. The van der Waals surface area contributed by atoms with Gasteiger partial charge in [-0.1, -0.05) is 18.2 Å². The minimum atomic E-state index is -0.108. The van der Waals surface area contributed by atoms with Gasteiger partial charge in [0.05, 0.1) is 28.9 Å². The van der Waals surface area contributed by atoms with Crippen molar-refractivity contribution in [2.75, 3.05) is 17.8 Å². The number of hydrazine groups is 2. The van der Waals surface area contributed by atoms with E-state index in [-0.39, 0.29) is 5.91 Å². The molecule has 0 fully saturated rings. The zero-order valence-electron chi connectivity index (χ0n) is 11.3. The van der Waals surface area contributed by atoms with Gasteiger partial charge in [0.2, 0.25) is 0 Å². The van der Waals surface area contributed by atoms with Crippen molar-refractivity contribution >= 4 is 27.9 Å². The lowest BCUT2D eigenvalue weighted by Gasteiger charge is -2.28. The topological polar surface area (TPSA) is 80.2 Å². The van der Waals surface area contributed by atoms with Gasteiger partial charge >= 0.3 is 0 Å². The van der Waals surface area contributed by atoms with Crippen molar-refractivity contribution in [3.05, 3.63) is 46.3 Å². The van der Waals surface area contributed by atoms with E-state index in [4.69, 9.17) is 5.26 Å². The molecule has 0 saturated carbocycles. The van der Waals surface area contributed by atoms with Crippen LogP contribution in [0, 0.1) is 11.3 Å². The Labute approximate surface area is 125 Å². The normalized spacial score (nSPS) is 13.3. The maximum absolute atomic E-state index is 12.5. The zero-order valence-corrected chi connectivity index (χ0v) is 12.1. The van der Waals surface area contributed by atoms with E-state index in [1.165, 1.54) is 16.3 Å². The van der Waals surface area contributed by atoms with Gasteiger partial charge in [-0.25, -0.2) is 0 Å². The maximum Gasteiger partial charge on any atom is 0.282 e. The molecule has 0 aliphatic carbocycles. The fourth-order valence-corrected chi connectivity index (χ4v) is 3.03. The van der Waals surface area contributed by atoms with Crippen LogP contribution in [-0.2, 0) is 6.54 Å². The minimum Gasteiger partial charge on any atom is -0.380 e. The van der Waals surface area contributed by atoms with E-state index in [0.29, 0.717) is 17.0 Å². The molecule has 1 aliphatic rings. The minimum absolute atomic E-state index is 0.108. The van der Waals surface area contributed by atoms with Crippen LogP contribution in [0.5, 0.6) is 0 Å². The second kappa shape index (κ2) is 5.44. The molecule has 1 amide bonds. The Bertz CT molecular complexity index is 733. The third-order valence-electron chi connectivity index (χ3n) is 3.21. The number of rotatable bonds is 3. The van der Waals surface area contributed by atoms with Crippen LogP contribution >= 0.6 is 11.3 Å². The smallest absolute Gasteiger partial charge is 0.282 e. The van der Waals surface area contributed by atoms with Gasteiger partial charge in [-0.3, -0.25) is 9.80 Å². The van der Waals surface area contributed by atoms with Gasteiger partial charge in [0.15, 0.2) is 0 Å². The Hall–Kier alpha value is -2.56. The molecule has 0 spiro atoms. The molecule has 2 aromatic rings. The molecule has 106 valence electrons. The number of amides is 1. The number of benzene rings is 1. The average molecular weight is 299 g/mol. The summed E-state index contributed by atoms with van der Waals surface area (Å²) in [6, 6.07) is 11.3. The summed E-state index contributed by atoms with van der Waals surface area (Å²) in [5.74, 6) is -0.108. The fourth-order valence-electron chi connectivity index (χ4n) is 2.12. The van der Waals surface area contributed by atoms with Gasteiger partial charge in [0, 0.05) is 7.05 Å². The van der Waals surface area contributed by atoms with Crippen LogP contribution in [0.2, 0.25) is 0 Å². The van der Waals surface area contributed by atoms with Crippen LogP contribution < -0.4 is 16.3 Å². The number of hydrogen-bond donors (Lipinski definition) is 3. The van der Waals surface area contributed by atoms with Crippen molar-refractivity contribution in [3.63, 3.8) is 0 Å². The highest BCUT2D eigenvalue weighted by atomic mass is 32.1. The monoisotopic (exact) mass is 299 g/mol. The number of nitrogens with one attached hydrogen (secondary N) is 3. The van der Waals surface area contributed by atoms with Crippen molar-refractivity contribution < 1.29 is 4.79 Å². The van der Waals surface area contributed by atoms with Crippen LogP contribution in [0.3, 0.4) is 0 Å². The summed E-state index contributed by atoms with van der Waals surface area (Å²) in [4.78, 5) is 13.1. The first-order valence-electron chi connectivity index (χ1n) is 6.36. The van der Waals surface area contributed by atoms with Crippen LogP contribution in [0.25, 0.3) is 0 Å². The molecule has 0 atom stereocenters. The zero-order chi connectivity index (χ0) is 14.8. The molecular formula is C14H13N5OS. The number of hydrogen-bond acceptors (Lipinski definition) is 6. The van der Waals surface area contributed by atoms with Crippen LogP contribution in [0.4, 0.5) is 10.7 Å². The van der Waals surface area contributed by atoms with E-state index in [1.54, 1.807) is 6.07 Å². The lowest BCUT2D eigenvalue weighted by atomic mass is 10.1. The summed E-state index contributed by atoms with van der Waals surface area (Å²) in [5.41, 5.74) is 8.00. The van der Waals surface area contributed by atoms with E-state index in [9.17, 15) is 4.79 Å². The lowest BCUT2D eigenvalue weighted by Crippen LogP contribution is -2.48. The van der Waals surface area contributed by atoms with E-state index < -0.39 is 0 Å². The SMILES string of the molecule is CNc1cc2c(s1)C(=O)N(Cc1ccccc1C#N)NN2. The van der Waals surface area contributed by atoms with E-state index >= 15 is 0 Å². The van der Waals surface area contributed by atoms with Gasteiger partial charge in [-0.2, -0.15) is 5.26 Å². The predicted octanol–water partition coefficient (Wildman–Crippen LogP) is 2.15. The van der Waals surface area contributed by atoms with Crippen molar-refractivity contribution in [1.29, 1.82) is 5.26 Å². The number of nitriles is 1. The lowest BCUT2D eigenvalue weighted by molar-refractivity contribution is 0.0652. The van der Waals surface area contributed by atoms with Crippen LogP contribution in [-0.4, -0.2) is 18.0 Å². The van der Waals surface area contributed by atoms with E-state index in [0.717, 1.165) is 16.3 Å². The quantitative estimate of drug-likeness (QED) is 0.809. The van der Waals surface area contributed by atoms with E-state index in [2.05, 4.69) is 22.3 Å². The predicted molar refractivity (Wildman–Crippen MR) is 81.7 cm³/mol. The molecule has 1 aliphatic heterocycles. The van der Waals surface area contributed by atoms with Gasteiger partial charge in [-0.15, -0.1) is 16.9 Å². The second-order valence-corrected chi connectivity index (χ2v) is 5.55. The molecule has 1 aromatic heterocycles. The Kier molecular flexibility index (Phi) is 3.48. The molecule has 0 radical (unpaired) electrons. The Balaban J connectivity index is 1.85. The number of thiophene rings is 1. The Morgan fingerprint density at radius 1 is 1.43 bits per heavy atom. The summed E-state index contributed by atoms with van der Waals surface area (Å²) in [6.07, 6.45) is 0. The van der Waals surface area contributed by atoms with Crippen molar-refractivity contribution in [2.24, 2.45) is 0 Å². The molecule has 0 unspecified atom stereocenters. The summed E-state index contributed by atoms with van der Waals surface area (Å²) in [6.45, 7) is 0.321. The largest absolute Gasteiger partial charge is 0.380 e. The first kappa shape index (κ1) is 13.4. The molecule has 0 saturated heterocycles. The molecule has 6 nitrogen and oxygen atoms in total. The highest BCUT2D eigenvalue weighted by Gasteiger charge is 2.27. The first-order chi connectivity index (χ1) is 10.2. The summed E-state index contributed by atoms with van der Waals surface area (Å²) < 4.78 is 0. The highest BCUT2D eigenvalue weighted by molar-refractivity contribution is 7.18. The third kappa shape index (κ3) is 2.42. The summed E-state index contributed by atoms with van der Waals surface area (Å²) in [7, 11) is 1.82. The third-order valence-corrected chi connectivity index (χ3v) is 4.35. The number of carbonyl (C=O) groups excluding carboxylic acids is 1.